The first-order valence-corrected chi connectivity index (χ1v) is 7.22. The van der Waals surface area contributed by atoms with E-state index in [9.17, 15) is 0 Å². The molecule has 0 saturated heterocycles. The monoisotopic (exact) mass is 273 g/mol. The van der Waals surface area contributed by atoms with Gasteiger partial charge in [0.05, 0.1) is 6.54 Å². The lowest BCUT2D eigenvalue weighted by Gasteiger charge is -2.14. The van der Waals surface area contributed by atoms with Gasteiger partial charge in [-0.2, -0.15) is 4.98 Å². The highest BCUT2D eigenvalue weighted by molar-refractivity contribution is 5.18. The van der Waals surface area contributed by atoms with Crippen LogP contribution in [0.15, 0.2) is 34.9 Å². The second-order valence-corrected chi connectivity index (χ2v) is 5.68. The molecule has 1 atom stereocenters. The number of benzene rings is 1. The van der Waals surface area contributed by atoms with Crippen molar-refractivity contribution in [2.45, 2.75) is 46.2 Å². The third-order valence-electron chi connectivity index (χ3n) is 3.14. The third-order valence-corrected chi connectivity index (χ3v) is 3.14. The van der Waals surface area contributed by atoms with Crippen LogP contribution < -0.4 is 5.32 Å². The van der Waals surface area contributed by atoms with E-state index in [4.69, 9.17) is 4.52 Å². The number of hydrogen-bond acceptors (Lipinski definition) is 4. The van der Waals surface area contributed by atoms with E-state index in [-0.39, 0.29) is 0 Å². The van der Waals surface area contributed by atoms with Gasteiger partial charge >= 0.3 is 0 Å². The van der Waals surface area contributed by atoms with Crippen LogP contribution in [0.4, 0.5) is 0 Å². The summed E-state index contributed by atoms with van der Waals surface area (Å²) in [5.74, 6) is 2.09. The molecule has 2 aromatic rings. The van der Waals surface area contributed by atoms with E-state index in [0.29, 0.717) is 30.8 Å². The van der Waals surface area contributed by atoms with Gasteiger partial charge in [-0.25, -0.2) is 0 Å². The van der Waals surface area contributed by atoms with Crippen LogP contribution in [0.2, 0.25) is 0 Å². The van der Waals surface area contributed by atoms with E-state index in [0.717, 1.165) is 12.2 Å². The maximum Gasteiger partial charge on any atom is 0.240 e. The summed E-state index contributed by atoms with van der Waals surface area (Å²) in [5, 5.41) is 7.44. The summed E-state index contributed by atoms with van der Waals surface area (Å²) in [6.45, 7) is 7.27. The Morgan fingerprint density at radius 1 is 1.15 bits per heavy atom. The molecular weight excluding hydrogens is 250 g/mol. The van der Waals surface area contributed by atoms with Gasteiger partial charge in [0.2, 0.25) is 5.89 Å². The normalized spacial score (nSPS) is 12.8. The minimum absolute atomic E-state index is 0.458. The Morgan fingerprint density at radius 3 is 2.60 bits per heavy atom. The highest BCUT2D eigenvalue weighted by Crippen LogP contribution is 2.08. The predicted octanol–water partition coefficient (Wildman–Crippen LogP) is 3.18. The molecule has 0 spiro atoms. The molecule has 1 aromatic carbocycles. The van der Waals surface area contributed by atoms with Crippen LogP contribution in [-0.2, 0) is 13.0 Å². The molecule has 4 heteroatoms. The Hall–Kier alpha value is -1.68. The van der Waals surface area contributed by atoms with E-state index < -0.39 is 0 Å². The first kappa shape index (κ1) is 14.7. The highest BCUT2D eigenvalue weighted by Gasteiger charge is 2.09. The zero-order valence-electron chi connectivity index (χ0n) is 12.5. The number of rotatable bonds is 7. The standard InChI is InChI=1S/C16H23N3O/c1-12(2)9-13(3)17-11-16-18-15(19-20-16)10-14-7-5-4-6-8-14/h4-8,12-13,17H,9-11H2,1-3H3. The van der Waals surface area contributed by atoms with Gasteiger partial charge in [0.1, 0.15) is 0 Å². The number of nitrogens with one attached hydrogen (secondary N) is 1. The van der Waals surface area contributed by atoms with E-state index in [1.165, 1.54) is 5.56 Å². The van der Waals surface area contributed by atoms with Crippen molar-refractivity contribution in [2.75, 3.05) is 0 Å². The van der Waals surface area contributed by atoms with Gasteiger partial charge in [-0.05, 0) is 24.8 Å². The summed E-state index contributed by atoms with van der Waals surface area (Å²) in [4.78, 5) is 4.42. The van der Waals surface area contributed by atoms with E-state index >= 15 is 0 Å². The molecule has 0 fully saturated rings. The number of aromatic nitrogens is 2. The largest absolute Gasteiger partial charge is 0.338 e. The molecule has 0 radical (unpaired) electrons. The Labute approximate surface area is 120 Å². The van der Waals surface area contributed by atoms with Crippen LogP contribution in [0.1, 0.15) is 44.5 Å². The van der Waals surface area contributed by atoms with E-state index in [1.54, 1.807) is 0 Å². The van der Waals surface area contributed by atoms with E-state index in [2.05, 4.69) is 48.4 Å². The lowest BCUT2D eigenvalue weighted by atomic mass is 10.1. The minimum atomic E-state index is 0.458. The van der Waals surface area contributed by atoms with Crippen molar-refractivity contribution >= 4 is 0 Å². The summed E-state index contributed by atoms with van der Waals surface area (Å²) in [7, 11) is 0. The van der Waals surface area contributed by atoms with Crippen molar-refractivity contribution in [3.63, 3.8) is 0 Å². The molecule has 20 heavy (non-hydrogen) atoms. The summed E-state index contributed by atoms with van der Waals surface area (Å²) < 4.78 is 5.27. The van der Waals surface area contributed by atoms with E-state index in [1.807, 2.05) is 18.2 Å². The van der Waals surface area contributed by atoms with Crippen molar-refractivity contribution in [3.05, 3.63) is 47.6 Å². The fourth-order valence-electron chi connectivity index (χ4n) is 2.26. The molecule has 108 valence electrons. The van der Waals surface area contributed by atoms with Crippen LogP contribution in [0, 0.1) is 5.92 Å². The number of hydrogen-bond donors (Lipinski definition) is 1. The highest BCUT2D eigenvalue weighted by atomic mass is 16.5. The minimum Gasteiger partial charge on any atom is -0.338 e. The van der Waals surface area contributed by atoms with Gasteiger partial charge in [-0.3, -0.25) is 0 Å². The Morgan fingerprint density at radius 2 is 1.90 bits per heavy atom. The molecule has 0 bridgehead atoms. The summed E-state index contributed by atoms with van der Waals surface area (Å²) >= 11 is 0. The smallest absolute Gasteiger partial charge is 0.240 e. The SMILES string of the molecule is CC(C)CC(C)NCc1nc(Cc2ccccc2)no1. The molecule has 1 heterocycles. The van der Waals surface area contributed by atoms with Gasteiger partial charge in [-0.15, -0.1) is 0 Å². The average Bonchev–Trinajstić information content (AvgIpc) is 2.84. The topological polar surface area (TPSA) is 51.0 Å². The molecule has 0 amide bonds. The van der Waals surface area contributed by atoms with Crippen molar-refractivity contribution in [1.29, 1.82) is 0 Å². The molecule has 2 rings (SSSR count). The second-order valence-electron chi connectivity index (χ2n) is 5.68. The second kappa shape index (κ2) is 7.20. The molecule has 1 unspecified atom stereocenters. The third kappa shape index (κ3) is 4.78. The molecule has 0 aliphatic rings. The van der Waals surface area contributed by atoms with Crippen molar-refractivity contribution in [1.82, 2.24) is 15.5 Å². The molecular formula is C16H23N3O. The van der Waals surface area contributed by atoms with Gasteiger partial charge in [0.25, 0.3) is 0 Å². The molecule has 0 aliphatic carbocycles. The lowest BCUT2D eigenvalue weighted by molar-refractivity contribution is 0.346. The zero-order valence-corrected chi connectivity index (χ0v) is 12.5. The average molecular weight is 273 g/mol. The summed E-state index contributed by atoms with van der Waals surface area (Å²) in [6.07, 6.45) is 1.86. The van der Waals surface area contributed by atoms with Crippen LogP contribution in [-0.4, -0.2) is 16.2 Å². The molecule has 0 aliphatic heterocycles. The van der Waals surface area contributed by atoms with Gasteiger partial charge in [0.15, 0.2) is 5.82 Å². The summed E-state index contributed by atoms with van der Waals surface area (Å²) in [6, 6.07) is 10.6. The fraction of sp³-hybridized carbons (Fsp3) is 0.500. The Kier molecular flexibility index (Phi) is 5.30. The maximum atomic E-state index is 5.27. The zero-order chi connectivity index (χ0) is 14.4. The molecule has 1 aromatic heterocycles. The Bertz CT molecular complexity index is 507. The van der Waals surface area contributed by atoms with Crippen molar-refractivity contribution in [2.24, 2.45) is 5.92 Å². The fourth-order valence-corrected chi connectivity index (χ4v) is 2.26. The maximum absolute atomic E-state index is 5.27. The van der Waals surface area contributed by atoms with Gasteiger partial charge in [-0.1, -0.05) is 49.3 Å². The van der Waals surface area contributed by atoms with Crippen molar-refractivity contribution < 1.29 is 4.52 Å². The quantitative estimate of drug-likeness (QED) is 0.841. The Balaban J connectivity index is 1.83. The molecule has 4 nitrogen and oxygen atoms in total. The van der Waals surface area contributed by atoms with Gasteiger partial charge < -0.3 is 9.84 Å². The van der Waals surface area contributed by atoms with Crippen LogP contribution in [0.5, 0.6) is 0 Å². The van der Waals surface area contributed by atoms with Crippen LogP contribution in [0.25, 0.3) is 0 Å². The first-order valence-electron chi connectivity index (χ1n) is 7.22. The van der Waals surface area contributed by atoms with Gasteiger partial charge in [0, 0.05) is 12.5 Å². The summed E-state index contributed by atoms with van der Waals surface area (Å²) in [5.41, 5.74) is 1.20. The van der Waals surface area contributed by atoms with Crippen LogP contribution >= 0.6 is 0 Å². The molecule has 1 N–H and O–H groups in total. The van der Waals surface area contributed by atoms with Crippen molar-refractivity contribution in [3.8, 4) is 0 Å². The van der Waals surface area contributed by atoms with Crippen LogP contribution in [0.3, 0.4) is 0 Å². The molecule has 0 saturated carbocycles. The first-order chi connectivity index (χ1) is 9.63. The lowest BCUT2D eigenvalue weighted by Crippen LogP contribution is -2.26. The predicted molar refractivity (Wildman–Crippen MR) is 79.3 cm³/mol. The number of nitrogens with zero attached hydrogens (tertiary/aromatic N) is 2.